The van der Waals surface area contributed by atoms with Gasteiger partial charge in [-0.25, -0.2) is 0 Å². The third-order valence-electron chi connectivity index (χ3n) is 2.05. The molecule has 0 saturated carbocycles. The second-order valence-electron chi connectivity index (χ2n) is 2.86. The molecule has 0 radical (unpaired) electrons. The smallest absolute Gasteiger partial charge is 0.0641 e. The summed E-state index contributed by atoms with van der Waals surface area (Å²) in [4.78, 5) is 0. The van der Waals surface area contributed by atoms with Gasteiger partial charge in [-0.05, 0) is 27.8 Å². The largest absolute Gasteiger partial charge is 0.313 e. The number of nitrogens with zero attached hydrogens (tertiary/aromatic N) is 1. The molecule has 1 unspecified atom stereocenters. The zero-order valence-corrected chi connectivity index (χ0v) is 7.52. The summed E-state index contributed by atoms with van der Waals surface area (Å²) in [7, 11) is 1.95. The lowest BCUT2D eigenvalue weighted by Crippen LogP contribution is -2.13. The van der Waals surface area contributed by atoms with Crippen LogP contribution in [0.3, 0.4) is 0 Å². The van der Waals surface area contributed by atoms with Crippen LogP contribution in [0.2, 0.25) is 0 Å². The van der Waals surface area contributed by atoms with Gasteiger partial charge in [0.05, 0.1) is 5.69 Å². The predicted octanol–water partition coefficient (Wildman–Crippen LogP) is 1.31. The fourth-order valence-electron chi connectivity index (χ4n) is 1.34. The molecule has 0 aliphatic rings. The molecule has 0 aliphatic heterocycles. The molecule has 3 nitrogen and oxygen atoms in total. The first kappa shape index (κ1) is 8.27. The van der Waals surface area contributed by atoms with Crippen LogP contribution in [0.25, 0.3) is 0 Å². The number of hydrogen-bond acceptors (Lipinski definition) is 2. The highest BCUT2D eigenvalue weighted by atomic mass is 15.1. The highest BCUT2D eigenvalue weighted by Crippen LogP contribution is 2.17. The van der Waals surface area contributed by atoms with Crippen molar-refractivity contribution in [3.8, 4) is 0 Å². The zero-order valence-electron chi connectivity index (χ0n) is 7.52. The molecule has 0 fully saturated rings. The number of aryl methyl sites for hydroxylation is 2. The SMILES string of the molecule is CNC(C)c1c(C)n[nH]c1C. The summed E-state index contributed by atoms with van der Waals surface area (Å²) in [6.45, 7) is 6.20. The molecule has 0 amide bonds. The average Bonchev–Trinajstić information content (AvgIpc) is 2.30. The van der Waals surface area contributed by atoms with Gasteiger partial charge in [0.1, 0.15) is 0 Å². The third-order valence-corrected chi connectivity index (χ3v) is 2.05. The van der Waals surface area contributed by atoms with Crippen LogP contribution in [-0.4, -0.2) is 17.2 Å². The quantitative estimate of drug-likeness (QED) is 0.672. The van der Waals surface area contributed by atoms with Gasteiger partial charge < -0.3 is 5.32 Å². The second kappa shape index (κ2) is 3.05. The molecule has 1 atom stereocenters. The molecule has 0 saturated heterocycles. The van der Waals surface area contributed by atoms with E-state index in [9.17, 15) is 0 Å². The maximum absolute atomic E-state index is 4.12. The van der Waals surface area contributed by atoms with E-state index in [4.69, 9.17) is 0 Å². The minimum absolute atomic E-state index is 0.383. The standard InChI is InChI=1S/C8H15N3/c1-5(9-4)8-6(2)10-11-7(8)3/h5,9H,1-4H3,(H,10,11). The van der Waals surface area contributed by atoms with Crippen molar-refractivity contribution in [2.75, 3.05) is 7.05 Å². The highest BCUT2D eigenvalue weighted by Gasteiger charge is 2.11. The van der Waals surface area contributed by atoms with Gasteiger partial charge in [-0.2, -0.15) is 5.10 Å². The molecule has 62 valence electrons. The van der Waals surface area contributed by atoms with Crippen molar-refractivity contribution >= 4 is 0 Å². The molecule has 3 heteroatoms. The van der Waals surface area contributed by atoms with Gasteiger partial charge >= 0.3 is 0 Å². The monoisotopic (exact) mass is 153 g/mol. The van der Waals surface area contributed by atoms with Crippen molar-refractivity contribution in [3.63, 3.8) is 0 Å². The molecular formula is C8H15N3. The summed E-state index contributed by atoms with van der Waals surface area (Å²) >= 11 is 0. The molecule has 11 heavy (non-hydrogen) atoms. The van der Waals surface area contributed by atoms with Crippen molar-refractivity contribution in [2.24, 2.45) is 0 Å². The lowest BCUT2D eigenvalue weighted by atomic mass is 10.1. The van der Waals surface area contributed by atoms with Crippen LogP contribution < -0.4 is 5.32 Å². The third kappa shape index (κ3) is 1.43. The normalized spacial score (nSPS) is 13.5. The van der Waals surface area contributed by atoms with Crippen LogP contribution in [0, 0.1) is 13.8 Å². The van der Waals surface area contributed by atoms with Crippen LogP contribution in [0.4, 0.5) is 0 Å². The Hall–Kier alpha value is -0.830. The van der Waals surface area contributed by atoms with Gasteiger partial charge in [-0.1, -0.05) is 0 Å². The van der Waals surface area contributed by atoms with E-state index in [1.807, 2.05) is 20.9 Å². The summed E-state index contributed by atoms with van der Waals surface area (Å²) in [6.07, 6.45) is 0. The Labute approximate surface area is 67.2 Å². The van der Waals surface area contributed by atoms with Crippen molar-refractivity contribution in [1.82, 2.24) is 15.5 Å². The molecule has 0 aromatic carbocycles. The molecule has 0 aliphatic carbocycles. The lowest BCUT2D eigenvalue weighted by Gasteiger charge is -2.09. The number of nitrogens with one attached hydrogen (secondary N) is 2. The Balaban J connectivity index is 3.00. The predicted molar refractivity (Wildman–Crippen MR) is 45.5 cm³/mol. The highest BCUT2D eigenvalue weighted by molar-refractivity contribution is 5.26. The number of H-pyrrole nitrogens is 1. The van der Waals surface area contributed by atoms with Crippen molar-refractivity contribution in [3.05, 3.63) is 17.0 Å². The second-order valence-corrected chi connectivity index (χ2v) is 2.86. The molecule has 2 N–H and O–H groups in total. The average molecular weight is 153 g/mol. The van der Waals surface area contributed by atoms with Crippen LogP contribution in [0.1, 0.15) is 29.9 Å². The van der Waals surface area contributed by atoms with E-state index in [-0.39, 0.29) is 0 Å². The molecule has 1 heterocycles. The first-order valence-corrected chi connectivity index (χ1v) is 3.85. The van der Waals surface area contributed by atoms with Gasteiger partial charge in [0.15, 0.2) is 0 Å². The van der Waals surface area contributed by atoms with Crippen molar-refractivity contribution in [1.29, 1.82) is 0 Å². The van der Waals surface area contributed by atoms with Crippen molar-refractivity contribution < 1.29 is 0 Å². The summed E-state index contributed by atoms with van der Waals surface area (Å²) < 4.78 is 0. The van der Waals surface area contributed by atoms with Crippen LogP contribution in [0.15, 0.2) is 0 Å². The minimum atomic E-state index is 0.383. The van der Waals surface area contributed by atoms with Crippen molar-refractivity contribution in [2.45, 2.75) is 26.8 Å². The van der Waals surface area contributed by atoms with Gasteiger partial charge in [0.25, 0.3) is 0 Å². The van der Waals surface area contributed by atoms with Gasteiger partial charge in [-0.15, -0.1) is 0 Å². The van der Waals surface area contributed by atoms with Crippen LogP contribution >= 0.6 is 0 Å². The Kier molecular flexibility index (Phi) is 2.29. The number of aromatic amines is 1. The number of hydrogen-bond donors (Lipinski definition) is 2. The maximum Gasteiger partial charge on any atom is 0.0641 e. The minimum Gasteiger partial charge on any atom is -0.313 e. The first-order valence-electron chi connectivity index (χ1n) is 3.85. The van der Waals surface area contributed by atoms with E-state index in [0.29, 0.717) is 6.04 Å². The Morgan fingerprint density at radius 2 is 2.09 bits per heavy atom. The molecule has 1 aromatic heterocycles. The van der Waals surface area contributed by atoms with E-state index in [1.165, 1.54) is 5.56 Å². The van der Waals surface area contributed by atoms with Crippen LogP contribution in [0.5, 0.6) is 0 Å². The number of rotatable bonds is 2. The summed E-state index contributed by atoms with van der Waals surface area (Å²) in [5.41, 5.74) is 3.53. The molecule has 1 rings (SSSR count). The zero-order chi connectivity index (χ0) is 8.43. The van der Waals surface area contributed by atoms with E-state index in [2.05, 4.69) is 22.4 Å². The molecular weight excluding hydrogens is 138 g/mol. The lowest BCUT2D eigenvalue weighted by molar-refractivity contribution is 0.645. The topological polar surface area (TPSA) is 40.7 Å². The van der Waals surface area contributed by atoms with E-state index in [0.717, 1.165) is 11.4 Å². The van der Waals surface area contributed by atoms with Gasteiger partial charge in [0.2, 0.25) is 0 Å². The van der Waals surface area contributed by atoms with E-state index in [1.54, 1.807) is 0 Å². The summed E-state index contributed by atoms with van der Waals surface area (Å²) in [6, 6.07) is 0.383. The summed E-state index contributed by atoms with van der Waals surface area (Å²) in [5, 5.41) is 10.3. The van der Waals surface area contributed by atoms with Gasteiger partial charge in [0, 0.05) is 17.3 Å². The van der Waals surface area contributed by atoms with Crippen LogP contribution in [-0.2, 0) is 0 Å². The Morgan fingerprint density at radius 3 is 2.45 bits per heavy atom. The molecule has 0 bridgehead atoms. The molecule has 0 spiro atoms. The van der Waals surface area contributed by atoms with Gasteiger partial charge in [-0.3, -0.25) is 5.10 Å². The summed E-state index contributed by atoms with van der Waals surface area (Å²) in [5.74, 6) is 0. The Bertz CT molecular complexity index is 220. The molecule has 1 aromatic rings. The number of aromatic nitrogens is 2. The van der Waals surface area contributed by atoms with E-state index < -0.39 is 0 Å². The first-order chi connectivity index (χ1) is 5.16. The Morgan fingerprint density at radius 1 is 1.45 bits per heavy atom. The maximum atomic E-state index is 4.12. The van der Waals surface area contributed by atoms with E-state index >= 15 is 0 Å². The fraction of sp³-hybridized carbons (Fsp3) is 0.625. The fourth-order valence-corrected chi connectivity index (χ4v) is 1.34.